The van der Waals surface area contributed by atoms with Crippen molar-refractivity contribution in [3.8, 4) is 0 Å². The van der Waals surface area contributed by atoms with E-state index in [1.165, 1.54) is 4.88 Å². The van der Waals surface area contributed by atoms with Crippen LogP contribution in [0.25, 0.3) is 0 Å². The molecule has 0 amide bonds. The van der Waals surface area contributed by atoms with E-state index in [9.17, 15) is 0 Å². The van der Waals surface area contributed by atoms with Crippen molar-refractivity contribution in [1.82, 2.24) is 0 Å². The van der Waals surface area contributed by atoms with Crippen molar-refractivity contribution in [3.05, 3.63) is 22.4 Å². The van der Waals surface area contributed by atoms with Gasteiger partial charge in [-0.15, -0.1) is 11.3 Å². The second-order valence-electron chi connectivity index (χ2n) is 2.74. The first-order chi connectivity index (χ1) is 6.93. The van der Waals surface area contributed by atoms with Gasteiger partial charge in [-0.3, -0.25) is 0 Å². The molecule has 0 radical (unpaired) electrons. The molecule has 0 saturated heterocycles. The molecule has 14 heavy (non-hydrogen) atoms. The zero-order valence-electron chi connectivity index (χ0n) is 8.40. The quantitative estimate of drug-likeness (QED) is 0.621. The minimum Gasteiger partial charge on any atom is -0.382 e. The fourth-order valence-electron chi connectivity index (χ4n) is 0.930. The van der Waals surface area contributed by atoms with Gasteiger partial charge in [-0.1, -0.05) is 6.07 Å². The second-order valence-corrected chi connectivity index (χ2v) is 3.77. The summed E-state index contributed by atoms with van der Waals surface area (Å²) in [4.78, 5) is 1.25. The number of methoxy groups -OCH3 is 1. The summed E-state index contributed by atoms with van der Waals surface area (Å²) in [5, 5.41) is 2.05. The molecule has 0 spiro atoms. The van der Waals surface area contributed by atoms with Crippen molar-refractivity contribution in [1.29, 1.82) is 0 Å². The lowest BCUT2D eigenvalue weighted by Gasteiger charge is -2.03. The van der Waals surface area contributed by atoms with E-state index in [1.54, 1.807) is 18.4 Å². The van der Waals surface area contributed by atoms with Gasteiger partial charge in [0.2, 0.25) is 0 Å². The van der Waals surface area contributed by atoms with E-state index in [-0.39, 0.29) is 0 Å². The molecule has 80 valence electrons. The molecule has 1 aromatic heterocycles. The summed E-state index contributed by atoms with van der Waals surface area (Å²) in [5.74, 6) is 0. The lowest BCUT2D eigenvalue weighted by Crippen LogP contribution is -2.07. The van der Waals surface area contributed by atoms with E-state index < -0.39 is 0 Å². The topological polar surface area (TPSA) is 27.7 Å². The Kier molecular flexibility index (Phi) is 6.61. The average Bonchev–Trinajstić information content (AvgIpc) is 2.69. The third-order valence-electron chi connectivity index (χ3n) is 1.63. The Bertz CT molecular complexity index is 211. The monoisotopic (exact) mass is 216 g/mol. The van der Waals surface area contributed by atoms with E-state index in [2.05, 4.69) is 6.07 Å². The molecular formula is C10H16O3S. The molecule has 0 aromatic carbocycles. The van der Waals surface area contributed by atoms with Gasteiger partial charge in [0.25, 0.3) is 0 Å². The van der Waals surface area contributed by atoms with Gasteiger partial charge in [0, 0.05) is 12.0 Å². The summed E-state index contributed by atoms with van der Waals surface area (Å²) in [7, 11) is 1.66. The Balaban J connectivity index is 1.85. The highest BCUT2D eigenvalue weighted by Crippen LogP contribution is 2.09. The predicted octanol–water partition coefficient (Wildman–Crippen LogP) is 1.93. The van der Waals surface area contributed by atoms with Gasteiger partial charge in [-0.05, 0) is 11.4 Å². The van der Waals surface area contributed by atoms with Crippen LogP contribution in [-0.4, -0.2) is 33.5 Å². The molecule has 0 unspecified atom stereocenters. The summed E-state index contributed by atoms with van der Waals surface area (Å²) in [6, 6.07) is 4.09. The van der Waals surface area contributed by atoms with Gasteiger partial charge in [-0.2, -0.15) is 0 Å². The lowest BCUT2D eigenvalue weighted by atomic mass is 10.5. The second kappa shape index (κ2) is 7.94. The van der Waals surface area contributed by atoms with Crippen LogP contribution in [0, 0.1) is 0 Å². The summed E-state index contributed by atoms with van der Waals surface area (Å²) in [6.45, 7) is 3.24. The molecule has 0 aliphatic heterocycles. The molecule has 4 heteroatoms. The molecule has 0 saturated carbocycles. The molecule has 0 aliphatic rings. The van der Waals surface area contributed by atoms with Crippen molar-refractivity contribution >= 4 is 11.3 Å². The average molecular weight is 216 g/mol. The van der Waals surface area contributed by atoms with Crippen molar-refractivity contribution in [2.75, 3.05) is 33.5 Å². The third kappa shape index (κ3) is 5.34. The Morgan fingerprint density at radius 2 is 1.93 bits per heavy atom. The van der Waals surface area contributed by atoms with Crippen LogP contribution in [0.1, 0.15) is 4.88 Å². The van der Waals surface area contributed by atoms with Gasteiger partial charge in [0.15, 0.2) is 0 Å². The molecule has 0 atom stereocenters. The van der Waals surface area contributed by atoms with Crippen LogP contribution in [0.4, 0.5) is 0 Å². The fourth-order valence-corrected chi connectivity index (χ4v) is 1.57. The van der Waals surface area contributed by atoms with Gasteiger partial charge in [0.1, 0.15) is 0 Å². The highest BCUT2D eigenvalue weighted by molar-refractivity contribution is 7.09. The summed E-state index contributed by atoms with van der Waals surface area (Å²) in [5.41, 5.74) is 0. The van der Waals surface area contributed by atoms with Gasteiger partial charge >= 0.3 is 0 Å². The predicted molar refractivity (Wildman–Crippen MR) is 56.7 cm³/mol. The Morgan fingerprint density at radius 3 is 2.64 bits per heavy atom. The highest BCUT2D eigenvalue weighted by Gasteiger charge is 1.93. The van der Waals surface area contributed by atoms with Gasteiger partial charge in [-0.25, -0.2) is 0 Å². The molecule has 0 N–H and O–H groups in total. The van der Waals surface area contributed by atoms with E-state index >= 15 is 0 Å². The largest absolute Gasteiger partial charge is 0.382 e. The van der Waals surface area contributed by atoms with Gasteiger partial charge in [0.05, 0.1) is 33.0 Å². The van der Waals surface area contributed by atoms with Crippen LogP contribution >= 0.6 is 11.3 Å². The molecule has 0 aliphatic carbocycles. The van der Waals surface area contributed by atoms with Gasteiger partial charge < -0.3 is 14.2 Å². The number of ether oxygens (including phenoxy) is 3. The lowest BCUT2D eigenvalue weighted by molar-refractivity contribution is 0.0205. The van der Waals surface area contributed by atoms with Crippen LogP contribution in [-0.2, 0) is 20.8 Å². The standard InChI is InChI=1S/C10H16O3S/c1-11-4-5-12-6-7-13-9-10-3-2-8-14-10/h2-3,8H,4-7,9H2,1H3. The first-order valence-electron chi connectivity index (χ1n) is 4.60. The molecule has 1 aromatic rings. The molecule has 0 fully saturated rings. The van der Waals surface area contributed by atoms with Crippen molar-refractivity contribution in [3.63, 3.8) is 0 Å². The van der Waals surface area contributed by atoms with Crippen LogP contribution in [0.3, 0.4) is 0 Å². The molecular weight excluding hydrogens is 200 g/mol. The maximum absolute atomic E-state index is 5.40. The summed E-state index contributed by atoms with van der Waals surface area (Å²) in [6.07, 6.45) is 0. The molecule has 1 rings (SSSR count). The maximum atomic E-state index is 5.40. The Morgan fingerprint density at radius 1 is 1.14 bits per heavy atom. The van der Waals surface area contributed by atoms with E-state index in [0.717, 1.165) is 0 Å². The summed E-state index contributed by atoms with van der Waals surface area (Å²) < 4.78 is 15.5. The third-order valence-corrected chi connectivity index (χ3v) is 2.48. The maximum Gasteiger partial charge on any atom is 0.0810 e. The minimum atomic E-state index is 0.634. The number of thiophene rings is 1. The Labute approximate surface area is 88.6 Å². The zero-order chi connectivity index (χ0) is 10.1. The van der Waals surface area contributed by atoms with Crippen LogP contribution in [0.2, 0.25) is 0 Å². The van der Waals surface area contributed by atoms with E-state index in [4.69, 9.17) is 14.2 Å². The van der Waals surface area contributed by atoms with Crippen molar-refractivity contribution in [2.45, 2.75) is 6.61 Å². The molecule has 3 nitrogen and oxygen atoms in total. The smallest absolute Gasteiger partial charge is 0.0810 e. The van der Waals surface area contributed by atoms with Crippen LogP contribution < -0.4 is 0 Å². The van der Waals surface area contributed by atoms with E-state index in [1.807, 2.05) is 11.4 Å². The normalized spacial score (nSPS) is 10.6. The first kappa shape index (κ1) is 11.7. The minimum absolute atomic E-state index is 0.634. The molecule has 0 bridgehead atoms. The summed E-state index contributed by atoms with van der Waals surface area (Å²) >= 11 is 1.71. The van der Waals surface area contributed by atoms with Crippen LogP contribution in [0.5, 0.6) is 0 Å². The van der Waals surface area contributed by atoms with Crippen LogP contribution in [0.15, 0.2) is 17.5 Å². The number of rotatable bonds is 8. The van der Waals surface area contributed by atoms with E-state index in [0.29, 0.717) is 33.0 Å². The first-order valence-corrected chi connectivity index (χ1v) is 5.48. The number of hydrogen-bond donors (Lipinski definition) is 0. The molecule has 1 heterocycles. The highest BCUT2D eigenvalue weighted by atomic mass is 32.1. The number of hydrogen-bond acceptors (Lipinski definition) is 4. The fraction of sp³-hybridized carbons (Fsp3) is 0.600. The van der Waals surface area contributed by atoms with Crippen molar-refractivity contribution < 1.29 is 14.2 Å². The zero-order valence-corrected chi connectivity index (χ0v) is 9.22. The SMILES string of the molecule is COCCOCCOCc1cccs1. The van der Waals surface area contributed by atoms with Crippen molar-refractivity contribution in [2.24, 2.45) is 0 Å². The Hall–Kier alpha value is -0.420.